The van der Waals surface area contributed by atoms with Crippen LogP contribution in [0.1, 0.15) is 28.9 Å². The Kier molecular flexibility index (Phi) is 6.37. The molecule has 1 aliphatic heterocycles. The molecule has 0 bridgehead atoms. The molecule has 5 rings (SSSR count). The number of nitrogens with zero attached hydrogens (tertiary/aromatic N) is 3. The first-order valence-corrected chi connectivity index (χ1v) is 11.7. The molecule has 0 saturated carbocycles. The highest BCUT2D eigenvalue weighted by molar-refractivity contribution is 5.76. The van der Waals surface area contributed by atoms with Crippen LogP contribution in [0.4, 0.5) is 0 Å². The summed E-state index contributed by atoms with van der Waals surface area (Å²) in [5, 5.41) is 7.77. The van der Waals surface area contributed by atoms with Crippen molar-refractivity contribution < 1.29 is 23.7 Å². The number of ether oxygens (including phenoxy) is 4. The molecule has 36 heavy (non-hydrogen) atoms. The minimum absolute atomic E-state index is 0.0313. The number of hydrogen-bond donors (Lipinski definition) is 1. The van der Waals surface area contributed by atoms with Crippen molar-refractivity contribution in [3.05, 3.63) is 65.0 Å². The normalized spacial score (nSPS) is 12.1. The molecule has 9 nitrogen and oxygen atoms in total. The topological polar surface area (TPSA) is 96.2 Å². The molecule has 1 N–H and O–H groups in total. The summed E-state index contributed by atoms with van der Waals surface area (Å²) in [6.07, 6.45) is 0.913. The lowest BCUT2D eigenvalue weighted by atomic mass is 10.1. The number of fused-ring (bicyclic) bond motifs is 2. The summed E-state index contributed by atoms with van der Waals surface area (Å²) in [4.78, 5) is 17.3. The Morgan fingerprint density at radius 2 is 1.78 bits per heavy atom. The van der Waals surface area contributed by atoms with E-state index in [1.807, 2.05) is 60.8 Å². The van der Waals surface area contributed by atoms with Gasteiger partial charge in [0.2, 0.25) is 12.7 Å². The summed E-state index contributed by atoms with van der Waals surface area (Å²) >= 11 is 0. The summed E-state index contributed by atoms with van der Waals surface area (Å²) in [5.74, 6) is 2.78. The Labute approximate surface area is 209 Å². The van der Waals surface area contributed by atoms with Gasteiger partial charge in [0.05, 0.1) is 19.9 Å². The highest BCUT2D eigenvalue weighted by Crippen LogP contribution is 2.32. The molecule has 0 aliphatic carbocycles. The molecule has 186 valence electrons. The largest absolute Gasteiger partial charge is 0.497 e. The summed E-state index contributed by atoms with van der Waals surface area (Å²) in [6, 6.07) is 13.3. The first kappa shape index (κ1) is 23.5. The van der Waals surface area contributed by atoms with E-state index in [0.717, 1.165) is 45.2 Å². The van der Waals surface area contributed by atoms with Gasteiger partial charge in [0.1, 0.15) is 11.5 Å². The molecule has 3 heterocycles. The van der Waals surface area contributed by atoms with Crippen LogP contribution in [0, 0.1) is 13.8 Å². The first-order valence-electron chi connectivity index (χ1n) is 11.7. The molecule has 2 aromatic heterocycles. The molecule has 4 aromatic rings. The average molecular weight is 489 g/mol. The van der Waals surface area contributed by atoms with Crippen LogP contribution in [-0.4, -0.2) is 41.5 Å². The maximum absolute atomic E-state index is 12.6. The first-order chi connectivity index (χ1) is 17.4. The summed E-state index contributed by atoms with van der Waals surface area (Å²) in [5.41, 5.74) is 6.21. The monoisotopic (exact) mass is 488 g/mol. The molecule has 0 spiro atoms. The third-order valence-electron chi connectivity index (χ3n) is 6.34. The number of aryl methyl sites for hydroxylation is 2. The number of nitrogens with one attached hydrogen (secondary N) is 1. The maximum Gasteiger partial charge on any atom is 0.231 e. The smallest absolute Gasteiger partial charge is 0.231 e. The lowest BCUT2D eigenvalue weighted by Crippen LogP contribution is -2.23. The number of benzene rings is 2. The molecule has 2 aromatic carbocycles. The van der Waals surface area contributed by atoms with Crippen molar-refractivity contribution in [1.82, 2.24) is 19.9 Å². The van der Waals surface area contributed by atoms with Gasteiger partial charge in [-0.1, -0.05) is 6.07 Å². The molecule has 0 fully saturated rings. The van der Waals surface area contributed by atoms with E-state index < -0.39 is 0 Å². The van der Waals surface area contributed by atoms with Crippen LogP contribution in [0.3, 0.4) is 0 Å². The van der Waals surface area contributed by atoms with E-state index in [4.69, 9.17) is 29.0 Å². The number of methoxy groups -OCH3 is 2. The van der Waals surface area contributed by atoms with Crippen LogP contribution in [-0.2, 0) is 17.8 Å². The fraction of sp³-hybridized carbons (Fsp3) is 0.296. The highest BCUT2D eigenvalue weighted by Gasteiger charge is 2.16. The van der Waals surface area contributed by atoms with Gasteiger partial charge < -0.3 is 24.3 Å². The zero-order chi connectivity index (χ0) is 25.2. The molecule has 0 radical (unpaired) electrons. The zero-order valence-corrected chi connectivity index (χ0v) is 20.8. The number of rotatable bonds is 8. The van der Waals surface area contributed by atoms with Crippen molar-refractivity contribution >= 4 is 11.6 Å². The maximum atomic E-state index is 12.6. The van der Waals surface area contributed by atoms with Gasteiger partial charge >= 0.3 is 0 Å². The number of hydrogen-bond acceptors (Lipinski definition) is 7. The van der Waals surface area contributed by atoms with Crippen molar-refractivity contribution in [3.8, 4) is 34.3 Å². The second-order valence-corrected chi connectivity index (χ2v) is 8.63. The van der Waals surface area contributed by atoms with E-state index in [-0.39, 0.29) is 12.7 Å². The Morgan fingerprint density at radius 1 is 1.03 bits per heavy atom. The lowest BCUT2D eigenvalue weighted by molar-refractivity contribution is -0.121. The van der Waals surface area contributed by atoms with Crippen LogP contribution >= 0.6 is 0 Å². The fourth-order valence-electron chi connectivity index (χ4n) is 4.36. The zero-order valence-electron chi connectivity index (χ0n) is 20.8. The molecule has 0 saturated heterocycles. The number of carbonyl (C=O) groups is 1. The quantitative estimate of drug-likeness (QED) is 0.400. The molecule has 1 amide bonds. The number of carbonyl (C=O) groups excluding carboxylic acids is 1. The SMILES string of the molecule is COc1cc(OC)cc(-c2cc3nc(C)c(CCC(=O)NCc4ccc5c(c4)OCO5)c(C)n3n2)c1. The van der Waals surface area contributed by atoms with Crippen LogP contribution in [0.15, 0.2) is 42.5 Å². The van der Waals surface area contributed by atoms with Gasteiger partial charge in [-0.25, -0.2) is 9.50 Å². The molecule has 0 atom stereocenters. The van der Waals surface area contributed by atoms with Crippen molar-refractivity contribution in [2.24, 2.45) is 0 Å². The number of amides is 1. The van der Waals surface area contributed by atoms with Crippen LogP contribution < -0.4 is 24.3 Å². The average Bonchev–Trinajstić information content (AvgIpc) is 3.53. The third-order valence-corrected chi connectivity index (χ3v) is 6.34. The van der Waals surface area contributed by atoms with Gasteiger partial charge in [0.25, 0.3) is 0 Å². The molecule has 1 aliphatic rings. The van der Waals surface area contributed by atoms with Crippen LogP contribution in [0.25, 0.3) is 16.9 Å². The van der Waals surface area contributed by atoms with E-state index in [2.05, 4.69) is 5.32 Å². The lowest BCUT2D eigenvalue weighted by Gasteiger charge is -2.11. The minimum Gasteiger partial charge on any atom is -0.497 e. The Morgan fingerprint density at radius 3 is 2.53 bits per heavy atom. The predicted octanol–water partition coefficient (Wildman–Crippen LogP) is 4.01. The minimum atomic E-state index is -0.0313. The fourth-order valence-corrected chi connectivity index (χ4v) is 4.36. The van der Waals surface area contributed by atoms with E-state index in [1.165, 1.54) is 0 Å². The standard InChI is InChI=1S/C27H28N4O5/c1-16-22(6-8-27(32)28-14-18-5-7-24-25(9-18)36-15-35-24)17(2)31-26(29-16)13-23(30-31)19-10-20(33-3)12-21(11-19)34-4/h5,7,9-13H,6,8,14-15H2,1-4H3,(H,28,32). The van der Waals surface area contributed by atoms with E-state index in [1.54, 1.807) is 14.2 Å². The van der Waals surface area contributed by atoms with Crippen molar-refractivity contribution in [2.75, 3.05) is 21.0 Å². The van der Waals surface area contributed by atoms with Gasteiger partial charge in [-0.15, -0.1) is 0 Å². The summed E-state index contributed by atoms with van der Waals surface area (Å²) in [7, 11) is 3.24. The molecular formula is C27H28N4O5. The Hall–Kier alpha value is -4.27. The predicted molar refractivity (Wildman–Crippen MR) is 134 cm³/mol. The van der Waals surface area contributed by atoms with Gasteiger partial charge in [-0.3, -0.25) is 4.79 Å². The van der Waals surface area contributed by atoms with Crippen molar-refractivity contribution in [1.29, 1.82) is 0 Å². The van der Waals surface area contributed by atoms with Gasteiger partial charge in [-0.05, 0) is 55.7 Å². The Bertz CT molecular complexity index is 1420. The second-order valence-electron chi connectivity index (χ2n) is 8.63. The second kappa shape index (κ2) is 9.77. The van der Waals surface area contributed by atoms with Gasteiger partial charge in [-0.2, -0.15) is 5.10 Å². The number of aromatic nitrogens is 3. The van der Waals surface area contributed by atoms with Gasteiger partial charge in [0, 0.05) is 42.0 Å². The van der Waals surface area contributed by atoms with Crippen LogP contribution in [0.2, 0.25) is 0 Å². The van der Waals surface area contributed by atoms with E-state index >= 15 is 0 Å². The molecule has 9 heteroatoms. The third kappa shape index (κ3) is 4.64. The van der Waals surface area contributed by atoms with Crippen molar-refractivity contribution in [3.63, 3.8) is 0 Å². The van der Waals surface area contributed by atoms with Gasteiger partial charge in [0.15, 0.2) is 17.1 Å². The Balaban J connectivity index is 1.30. The van der Waals surface area contributed by atoms with Crippen LogP contribution in [0.5, 0.6) is 23.0 Å². The highest BCUT2D eigenvalue weighted by atomic mass is 16.7. The van der Waals surface area contributed by atoms with E-state index in [9.17, 15) is 4.79 Å². The summed E-state index contributed by atoms with van der Waals surface area (Å²) < 4.78 is 23.4. The molecular weight excluding hydrogens is 460 g/mol. The van der Waals surface area contributed by atoms with E-state index in [0.29, 0.717) is 36.6 Å². The summed E-state index contributed by atoms with van der Waals surface area (Å²) in [6.45, 7) is 4.63. The molecule has 0 unspecified atom stereocenters. The van der Waals surface area contributed by atoms with Crippen molar-refractivity contribution in [2.45, 2.75) is 33.2 Å².